The molecule has 1 N–H and O–H groups in total. The Morgan fingerprint density at radius 2 is 1.89 bits per heavy atom. The fraction of sp³-hybridized carbons (Fsp3) is 0.333. The molecule has 6 nitrogen and oxygen atoms in total. The molecule has 0 aromatic heterocycles. The smallest absolute Gasteiger partial charge is 0.253 e. The number of hydrogen-bond donors (Lipinski definition) is 1. The lowest BCUT2D eigenvalue weighted by Crippen LogP contribution is -2.25. The second kappa shape index (κ2) is 6.31. The highest BCUT2D eigenvalue weighted by molar-refractivity contribution is 7.89. The normalized spacial score (nSPS) is 10.8. The molecule has 0 radical (unpaired) electrons. The first-order valence-corrected chi connectivity index (χ1v) is 7.05. The van der Waals surface area contributed by atoms with Crippen molar-refractivity contribution in [3.05, 3.63) is 29.8 Å². The van der Waals surface area contributed by atoms with Gasteiger partial charge in [-0.05, 0) is 24.3 Å². The molecule has 0 bridgehead atoms. The monoisotopic (exact) mass is 281 g/mol. The van der Waals surface area contributed by atoms with Crippen LogP contribution in [0.2, 0.25) is 0 Å². The van der Waals surface area contributed by atoms with Crippen molar-refractivity contribution in [3.63, 3.8) is 0 Å². The molecule has 1 aromatic rings. The maximum atomic E-state index is 11.8. The van der Waals surface area contributed by atoms with Crippen LogP contribution in [0.1, 0.15) is 16.8 Å². The lowest BCUT2D eigenvalue weighted by atomic mass is 10.2. The van der Waals surface area contributed by atoms with Crippen LogP contribution in [0.15, 0.2) is 29.2 Å². The van der Waals surface area contributed by atoms with E-state index in [1.165, 1.54) is 29.2 Å². The zero-order valence-corrected chi connectivity index (χ0v) is 11.6. The summed E-state index contributed by atoms with van der Waals surface area (Å²) in [5.41, 5.74) is 0.418. The lowest BCUT2D eigenvalue weighted by molar-refractivity contribution is 0.0827. The summed E-state index contributed by atoms with van der Waals surface area (Å²) in [6.07, 6.45) is 0.108. The maximum absolute atomic E-state index is 11.8. The highest BCUT2D eigenvalue weighted by atomic mass is 32.2. The first-order chi connectivity index (χ1) is 8.88. The number of carbonyl (C=O) groups excluding carboxylic acids is 1. The van der Waals surface area contributed by atoms with Crippen LogP contribution in [0, 0.1) is 11.3 Å². The van der Waals surface area contributed by atoms with Crippen molar-refractivity contribution >= 4 is 15.9 Å². The SMILES string of the molecule is CN(C)C(=O)c1ccc(S(=O)(=O)NCCC#N)cc1. The van der Waals surface area contributed by atoms with E-state index in [1.807, 2.05) is 6.07 Å². The van der Waals surface area contributed by atoms with E-state index >= 15 is 0 Å². The van der Waals surface area contributed by atoms with Crippen molar-refractivity contribution in [2.45, 2.75) is 11.3 Å². The van der Waals surface area contributed by atoms with Gasteiger partial charge in [0.15, 0.2) is 0 Å². The molecule has 0 aliphatic carbocycles. The topological polar surface area (TPSA) is 90.3 Å². The summed E-state index contributed by atoms with van der Waals surface area (Å²) in [5.74, 6) is -0.193. The maximum Gasteiger partial charge on any atom is 0.253 e. The number of rotatable bonds is 5. The largest absolute Gasteiger partial charge is 0.345 e. The molecule has 0 heterocycles. The van der Waals surface area contributed by atoms with Crippen LogP contribution in [0.5, 0.6) is 0 Å². The van der Waals surface area contributed by atoms with Crippen LogP contribution < -0.4 is 4.72 Å². The van der Waals surface area contributed by atoms with E-state index in [4.69, 9.17) is 5.26 Å². The van der Waals surface area contributed by atoms with E-state index in [1.54, 1.807) is 14.1 Å². The van der Waals surface area contributed by atoms with Gasteiger partial charge in [0.05, 0.1) is 11.0 Å². The zero-order valence-electron chi connectivity index (χ0n) is 10.8. The van der Waals surface area contributed by atoms with Crippen LogP contribution >= 0.6 is 0 Å². The molecule has 0 saturated heterocycles. The Kier molecular flexibility index (Phi) is 5.03. The summed E-state index contributed by atoms with van der Waals surface area (Å²) in [6.45, 7) is 0.0667. The van der Waals surface area contributed by atoms with Crippen LogP contribution in [0.4, 0.5) is 0 Å². The molecule has 1 rings (SSSR count). The summed E-state index contributed by atoms with van der Waals surface area (Å²) in [6, 6.07) is 7.50. The highest BCUT2D eigenvalue weighted by Crippen LogP contribution is 2.11. The van der Waals surface area contributed by atoms with Gasteiger partial charge >= 0.3 is 0 Å². The molecule has 0 fully saturated rings. The molecule has 0 unspecified atom stereocenters. The van der Waals surface area contributed by atoms with Gasteiger partial charge < -0.3 is 4.90 Å². The Labute approximate surface area is 112 Å². The van der Waals surface area contributed by atoms with E-state index in [-0.39, 0.29) is 23.8 Å². The minimum absolute atomic E-state index is 0.0667. The van der Waals surface area contributed by atoms with Gasteiger partial charge in [-0.15, -0.1) is 0 Å². The summed E-state index contributed by atoms with van der Waals surface area (Å²) in [5, 5.41) is 8.36. The predicted octanol–water partition coefficient (Wildman–Crippen LogP) is 0.580. The molecule has 19 heavy (non-hydrogen) atoms. The standard InChI is InChI=1S/C12H15N3O3S/c1-15(2)12(16)10-4-6-11(7-5-10)19(17,18)14-9-3-8-13/h4-7,14H,3,9H2,1-2H3. The minimum atomic E-state index is -3.62. The molecule has 1 aromatic carbocycles. The number of amides is 1. The van der Waals surface area contributed by atoms with Crippen molar-refractivity contribution in [2.75, 3.05) is 20.6 Å². The van der Waals surface area contributed by atoms with Gasteiger partial charge in [0.25, 0.3) is 5.91 Å². The van der Waals surface area contributed by atoms with Crippen molar-refractivity contribution in [3.8, 4) is 6.07 Å². The molecule has 1 amide bonds. The first-order valence-electron chi connectivity index (χ1n) is 5.57. The Balaban J connectivity index is 2.87. The van der Waals surface area contributed by atoms with E-state index < -0.39 is 10.0 Å². The van der Waals surface area contributed by atoms with E-state index in [0.29, 0.717) is 5.56 Å². The Hall–Kier alpha value is -1.91. The average Bonchev–Trinajstić information content (AvgIpc) is 2.38. The molecule has 0 atom stereocenters. The fourth-order valence-electron chi connectivity index (χ4n) is 1.36. The van der Waals surface area contributed by atoms with Gasteiger partial charge in [0.2, 0.25) is 10.0 Å². The summed E-state index contributed by atoms with van der Waals surface area (Å²) < 4.78 is 25.9. The predicted molar refractivity (Wildman–Crippen MR) is 69.9 cm³/mol. The molecule has 0 saturated carbocycles. The van der Waals surface area contributed by atoms with Gasteiger partial charge in [-0.25, -0.2) is 13.1 Å². The van der Waals surface area contributed by atoms with Crippen LogP contribution in [-0.2, 0) is 10.0 Å². The third-order valence-electron chi connectivity index (χ3n) is 2.35. The third-order valence-corrected chi connectivity index (χ3v) is 3.82. The Morgan fingerprint density at radius 3 is 2.37 bits per heavy atom. The van der Waals surface area contributed by atoms with E-state index in [9.17, 15) is 13.2 Å². The fourth-order valence-corrected chi connectivity index (χ4v) is 2.39. The van der Waals surface area contributed by atoms with Gasteiger partial charge in [-0.1, -0.05) is 0 Å². The molecule has 7 heteroatoms. The molecular weight excluding hydrogens is 266 g/mol. The van der Waals surface area contributed by atoms with Crippen LogP contribution in [-0.4, -0.2) is 39.9 Å². The Morgan fingerprint density at radius 1 is 1.32 bits per heavy atom. The quantitative estimate of drug-likeness (QED) is 0.799. The third kappa shape index (κ3) is 4.05. The van der Waals surface area contributed by atoms with Crippen LogP contribution in [0.25, 0.3) is 0 Å². The van der Waals surface area contributed by atoms with Crippen molar-refractivity contribution in [1.82, 2.24) is 9.62 Å². The van der Waals surface area contributed by atoms with Gasteiger partial charge in [0, 0.05) is 32.6 Å². The second-order valence-corrected chi connectivity index (χ2v) is 5.80. The van der Waals surface area contributed by atoms with Gasteiger partial charge in [0.1, 0.15) is 0 Å². The number of nitrogens with one attached hydrogen (secondary N) is 1. The van der Waals surface area contributed by atoms with E-state index in [2.05, 4.69) is 4.72 Å². The summed E-state index contributed by atoms with van der Waals surface area (Å²) in [7, 11) is -0.378. The first kappa shape index (κ1) is 15.1. The molecule has 0 spiro atoms. The lowest BCUT2D eigenvalue weighted by Gasteiger charge is -2.10. The van der Waals surface area contributed by atoms with E-state index in [0.717, 1.165) is 0 Å². The van der Waals surface area contributed by atoms with Gasteiger partial charge in [-0.2, -0.15) is 5.26 Å². The van der Waals surface area contributed by atoms with Crippen LogP contribution in [0.3, 0.4) is 0 Å². The van der Waals surface area contributed by atoms with Gasteiger partial charge in [-0.3, -0.25) is 4.79 Å². The van der Waals surface area contributed by atoms with Crippen molar-refractivity contribution < 1.29 is 13.2 Å². The number of hydrogen-bond acceptors (Lipinski definition) is 4. The molecule has 102 valence electrons. The summed E-state index contributed by atoms with van der Waals surface area (Å²) in [4.78, 5) is 13.1. The molecule has 0 aliphatic rings. The number of benzene rings is 1. The number of sulfonamides is 1. The average molecular weight is 281 g/mol. The molecule has 0 aliphatic heterocycles. The zero-order chi connectivity index (χ0) is 14.5. The minimum Gasteiger partial charge on any atom is -0.345 e. The summed E-state index contributed by atoms with van der Waals surface area (Å²) >= 11 is 0. The number of nitrogens with zero attached hydrogens (tertiary/aromatic N) is 2. The Bertz CT molecular complexity index is 586. The second-order valence-electron chi connectivity index (χ2n) is 4.03. The highest BCUT2D eigenvalue weighted by Gasteiger charge is 2.14. The number of nitriles is 1. The van der Waals surface area contributed by atoms with Crippen molar-refractivity contribution in [2.24, 2.45) is 0 Å². The molecular formula is C12H15N3O3S. The van der Waals surface area contributed by atoms with Crippen molar-refractivity contribution in [1.29, 1.82) is 5.26 Å². The number of carbonyl (C=O) groups is 1.